The topological polar surface area (TPSA) is 49.8 Å². The molecule has 0 unspecified atom stereocenters. The first-order valence-corrected chi connectivity index (χ1v) is 6.25. The van der Waals surface area contributed by atoms with Crippen LogP contribution in [0, 0.1) is 5.41 Å². The van der Waals surface area contributed by atoms with Crippen LogP contribution in [0.5, 0.6) is 0 Å². The molecule has 1 rings (SSSR count). The number of piperidine rings is 1. The fourth-order valence-corrected chi connectivity index (χ4v) is 2.11. The molecule has 0 aromatic heterocycles. The van der Waals surface area contributed by atoms with E-state index >= 15 is 0 Å². The third-order valence-electron chi connectivity index (χ3n) is 3.03. The van der Waals surface area contributed by atoms with Gasteiger partial charge in [0, 0.05) is 6.54 Å². The molecule has 4 heteroatoms. The third kappa shape index (κ3) is 4.19. The van der Waals surface area contributed by atoms with Gasteiger partial charge in [-0.05, 0) is 39.0 Å². The smallest absolute Gasteiger partial charge is 0.410 e. The van der Waals surface area contributed by atoms with Gasteiger partial charge in [0.25, 0.3) is 0 Å². The number of likely N-dealkylation sites (tertiary alicyclic amines) is 1. The summed E-state index contributed by atoms with van der Waals surface area (Å²) < 4.78 is 5.38. The first-order chi connectivity index (χ1) is 7.64. The SMILES string of the molecule is CC1(C)CC[C@H](CO)N(C(=O)OC(C)(C)C)C1. The van der Waals surface area contributed by atoms with Gasteiger partial charge in [-0.2, -0.15) is 0 Å². The zero-order valence-electron chi connectivity index (χ0n) is 11.6. The van der Waals surface area contributed by atoms with E-state index in [2.05, 4.69) is 13.8 Å². The number of aliphatic hydroxyl groups excluding tert-OH is 1. The second-order valence-electron chi connectivity index (χ2n) is 6.65. The molecular weight excluding hydrogens is 218 g/mol. The number of amides is 1. The molecule has 0 bridgehead atoms. The third-order valence-corrected chi connectivity index (χ3v) is 3.03. The zero-order valence-corrected chi connectivity index (χ0v) is 11.6. The van der Waals surface area contributed by atoms with Gasteiger partial charge >= 0.3 is 6.09 Å². The maximum absolute atomic E-state index is 12.1. The summed E-state index contributed by atoms with van der Waals surface area (Å²) in [7, 11) is 0. The van der Waals surface area contributed by atoms with Gasteiger partial charge in [-0.15, -0.1) is 0 Å². The molecular formula is C13H25NO3. The van der Waals surface area contributed by atoms with Crippen molar-refractivity contribution in [2.75, 3.05) is 13.2 Å². The Labute approximate surface area is 104 Å². The highest BCUT2D eigenvalue weighted by Gasteiger charge is 2.37. The van der Waals surface area contributed by atoms with Crippen molar-refractivity contribution >= 4 is 6.09 Å². The summed E-state index contributed by atoms with van der Waals surface area (Å²) in [6.07, 6.45) is 1.55. The molecule has 4 nitrogen and oxygen atoms in total. The lowest BCUT2D eigenvalue weighted by Crippen LogP contribution is -2.52. The Bertz CT molecular complexity index is 281. The minimum atomic E-state index is -0.487. The van der Waals surface area contributed by atoms with Crippen molar-refractivity contribution in [1.82, 2.24) is 4.90 Å². The Hall–Kier alpha value is -0.770. The fourth-order valence-electron chi connectivity index (χ4n) is 2.11. The van der Waals surface area contributed by atoms with E-state index in [1.165, 1.54) is 0 Å². The molecule has 0 aromatic carbocycles. The lowest BCUT2D eigenvalue weighted by molar-refractivity contribution is -0.0172. The lowest BCUT2D eigenvalue weighted by atomic mass is 9.81. The molecule has 1 aliphatic rings. The van der Waals surface area contributed by atoms with Crippen LogP contribution in [0.1, 0.15) is 47.5 Å². The van der Waals surface area contributed by atoms with E-state index < -0.39 is 5.60 Å². The van der Waals surface area contributed by atoms with Crippen LogP contribution in [0.4, 0.5) is 4.79 Å². The minimum Gasteiger partial charge on any atom is -0.444 e. The molecule has 100 valence electrons. The van der Waals surface area contributed by atoms with Crippen molar-refractivity contribution in [2.45, 2.75) is 59.1 Å². The molecule has 17 heavy (non-hydrogen) atoms. The maximum atomic E-state index is 12.1. The van der Waals surface area contributed by atoms with Crippen molar-refractivity contribution in [3.05, 3.63) is 0 Å². The van der Waals surface area contributed by atoms with Crippen LogP contribution in [-0.2, 0) is 4.74 Å². The summed E-state index contributed by atoms with van der Waals surface area (Å²) in [6.45, 7) is 10.5. The van der Waals surface area contributed by atoms with Crippen molar-refractivity contribution in [3.63, 3.8) is 0 Å². The van der Waals surface area contributed by atoms with Crippen molar-refractivity contribution in [3.8, 4) is 0 Å². The summed E-state index contributed by atoms with van der Waals surface area (Å²) in [5.41, 5.74) is -0.388. The van der Waals surface area contributed by atoms with E-state index in [1.807, 2.05) is 20.8 Å². The molecule has 0 radical (unpaired) electrons. The summed E-state index contributed by atoms with van der Waals surface area (Å²) in [5, 5.41) is 9.33. The standard InChI is InChI=1S/C13H25NO3/c1-12(2,3)17-11(16)14-9-13(4,5)7-6-10(14)8-15/h10,15H,6-9H2,1-5H3/t10-/m1/s1. The van der Waals surface area contributed by atoms with E-state index in [0.717, 1.165) is 12.8 Å². The molecule has 0 saturated carbocycles. The quantitative estimate of drug-likeness (QED) is 0.769. The van der Waals surface area contributed by atoms with Crippen LogP contribution in [0.3, 0.4) is 0 Å². The predicted molar refractivity (Wildman–Crippen MR) is 66.8 cm³/mol. The highest BCUT2D eigenvalue weighted by molar-refractivity contribution is 5.68. The van der Waals surface area contributed by atoms with E-state index in [4.69, 9.17) is 4.74 Å². The number of ether oxygens (including phenoxy) is 1. The highest BCUT2D eigenvalue weighted by Crippen LogP contribution is 2.32. The van der Waals surface area contributed by atoms with Crippen molar-refractivity contribution in [2.24, 2.45) is 5.41 Å². The highest BCUT2D eigenvalue weighted by atomic mass is 16.6. The van der Waals surface area contributed by atoms with Gasteiger partial charge < -0.3 is 14.7 Å². The summed E-state index contributed by atoms with van der Waals surface area (Å²) in [4.78, 5) is 13.7. The van der Waals surface area contributed by atoms with E-state index in [9.17, 15) is 9.90 Å². The number of rotatable bonds is 1. The molecule has 1 N–H and O–H groups in total. The van der Waals surface area contributed by atoms with Gasteiger partial charge in [0.05, 0.1) is 12.6 Å². The zero-order chi connectivity index (χ0) is 13.3. The molecule has 1 fully saturated rings. The van der Waals surface area contributed by atoms with Crippen LogP contribution in [0.15, 0.2) is 0 Å². The Morgan fingerprint density at radius 3 is 2.53 bits per heavy atom. The van der Waals surface area contributed by atoms with Gasteiger partial charge in [0.15, 0.2) is 0 Å². The van der Waals surface area contributed by atoms with Crippen LogP contribution in [0.25, 0.3) is 0 Å². The summed E-state index contributed by atoms with van der Waals surface area (Å²) in [5.74, 6) is 0. The molecule has 1 amide bonds. The van der Waals surface area contributed by atoms with Gasteiger partial charge in [-0.1, -0.05) is 13.8 Å². The van der Waals surface area contributed by atoms with Crippen LogP contribution in [-0.4, -0.2) is 40.9 Å². The second kappa shape index (κ2) is 4.84. The molecule has 1 saturated heterocycles. The van der Waals surface area contributed by atoms with Gasteiger partial charge in [-0.3, -0.25) is 0 Å². The summed E-state index contributed by atoms with van der Waals surface area (Å²) in [6, 6.07) is -0.0992. The molecule has 0 aromatic rings. The van der Waals surface area contributed by atoms with Crippen LogP contribution < -0.4 is 0 Å². The Kier molecular flexibility index (Phi) is 4.07. The molecule has 0 aliphatic carbocycles. The normalized spacial score (nSPS) is 24.6. The Balaban J connectivity index is 2.73. The van der Waals surface area contributed by atoms with Crippen molar-refractivity contribution < 1.29 is 14.6 Å². The van der Waals surface area contributed by atoms with Gasteiger partial charge in [0.1, 0.15) is 5.60 Å². The Morgan fingerprint density at radius 2 is 2.06 bits per heavy atom. The lowest BCUT2D eigenvalue weighted by Gasteiger charge is -2.43. The number of hydrogen-bond donors (Lipinski definition) is 1. The van der Waals surface area contributed by atoms with Crippen molar-refractivity contribution in [1.29, 1.82) is 0 Å². The first-order valence-electron chi connectivity index (χ1n) is 6.25. The van der Waals surface area contributed by atoms with E-state index in [0.29, 0.717) is 6.54 Å². The number of hydrogen-bond acceptors (Lipinski definition) is 3. The molecule has 1 heterocycles. The van der Waals surface area contributed by atoms with E-state index in [1.54, 1.807) is 4.90 Å². The first kappa shape index (κ1) is 14.3. The van der Waals surface area contributed by atoms with Gasteiger partial charge in [-0.25, -0.2) is 4.79 Å². The van der Waals surface area contributed by atoms with Gasteiger partial charge in [0.2, 0.25) is 0 Å². The maximum Gasteiger partial charge on any atom is 0.410 e. The number of carbonyl (C=O) groups is 1. The Morgan fingerprint density at radius 1 is 1.47 bits per heavy atom. The molecule has 1 atom stereocenters. The largest absolute Gasteiger partial charge is 0.444 e. The number of carbonyl (C=O) groups excluding carboxylic acids is 1. The monoisotopic (exact) mass is 243 g/mol. The van der Waals surface area contributed by atoms with Crippen LogP contribution >= 0.6 is 0 Å². The second-order valence-corrected chi connectivity index (χ2v) is 6.65. The molecule has 0 spiro atoms. The average molecular weight is 243 g/mol. The fraction of sp³-hybridized carbons (Fsp3) is 0.923. The van der Waals surface area contributed by atoms with E-state index in [-0.39, 0.29) is 24.2 Å². The number of nitrogens with zero attached hydrogens (tertiary/aromatic N) is 1. The summed E-state index contributed by atoms with van der Waals surface area (Å²) >= 11 is 0. The van der Waals surface area contributed by atoms with Crippen LogP contribution in [0.2, 0.25) is 0 Å². The molecule has 1 aliphatic heterocycles. The number of aliphatic hydroxyl groups is 1. The minimum absolute atomic E-state index is 0.00925. The average Bonchev–Trinajstić information content (AvgIpc) is 2.13. The predicted octanol–water partition coefficient (Wildman–Crippen LogP) is 2.40.